The average molecular weight is 311 g/mol. The van der Waals surface area contributed by atoms with E-state index < -0.39 is 0 Å². The fraction of sp³-hybridized carbons (Fsp3) is 0.462. The van der Waals surface area contributed by atoms with Gasteiger partial charge in [0.05, 0.1) is 5.39 Å². The fourth-order valence-electron chi connectivity index (χ4n) is 2.50. The first-order valence-electron chi connectivity index (χ1n) is 6.45. The molecule has 3 rings (SSSR count). The zero-order valence-corrected chi connectivity index (χ0v) is 12.9. The lowest BCUT2D eigenvalue weighted by Gasteiger charge is -2.25. The van der Waals surface area contributed by atoms with Gasteiger partial charge in [-0.3, -0.25) is 0 Å². The molecule has 20 heavy (non-hydrogen) atoms. The highest BCUT2D eigenvalue weighted by atomic mass is 35.5. The molecule has 1 N–H and O–H groups in total. The summed E-state index contributed by atoms with van der Waals surface area (Å²) in [7, 11) is 3.50. The SMILES string of the molecule is CN(C)C(=O)NC1CCc2c(sc3ncnc(Cl)c23)C1. The minimum atomic E-state index is -0.0441. The zero-order valence-electron chi connectivity index (χ0n) is 11.3. The first-order chi connectivity index (χ1) is 9.56. The van der Waals surface area contributed by atoms with Gasteiger partial charge in [-0.25, -0.2) is 14.8 Å². The molecule has 1 aliphatic rings. The minimum absolute atomic E-state index is 0.0441. The van der Waals surface area contributed by atoms with E-state index in [1.165, 1.54) is 16.8 Å². The van der Waals surface area contributed by atoms with Crippen LogP contribution in [-0.4, -0.2) is 41.0 Å². The Labute approximate surface area is 126 Å². The van der Waals surface area contributed by atoms with Gasteiger partial charge in [0.2, 0.25) is 0 Å². The molecule has 0 aromatic carbocycles. The van der Waals surface area contributed by atoms with Gasteiger partial charge in [-0.05, 0) is 18.4 Å². The highest BCUT2D eigenvalue weighted by molar-refractivity contribution is 7.19. The van der Waals surface area contributed by atoms with Gasteiger partial charge in [0.15, 0.2) is 0 Å². The normalized spacial score (nSPS) is 17.9. The van der Waals surface area contributed by atoms with Crippen molar-refractivity contribution in [3.8, 4) is 0 Å². The van der Waals surface area contributed by atoms with E-state index in [1.807, 2.05) is 0 Å². The molecule has 0 radical (unpaired) electrons. The fourth-order valence-corrected chi connectivity index (χ4v) is 4.07. The van der Waals surface area contributed by atoms with Crippen LogP contribution in [0.2, 0.25) is 5.15 Å². The lowest BCUT2D eigenvalue weighted by atomic mass is 9.93. The molecule has 0 aliphatic heterocycles. The first kappa shape index (κ1) is 13.6. The number of hydrogen-bond acceptors (Lipinski definition) is 4. The molecule has 1 unspecified atom stereocenters. The third kappa shape index (κ3) is 2.33. The Hall–Kier alpha value is -1.40. The predicted octanol–water partition coefficient (Wildman–Crippen LogP) is 2.47. The second-order valence-corrected chi connectivity index (χ2v) is 6.57. The first-order valence-corrected chi connectivity index (χ1v) is 7.64. The Kier molecular flexibility index (Phi) is 3.52. The lowest BCUT2D eigenvalue weighted by Crippen LogP contribution is -2.43. The summed E-state index contributed by atoms with van der Waals surface area (Å²) in [4.78, 5) is 23.8. The smallest absolute Gasteiger partial charge is 0.317 e. The van der Waals surface area contributed by atoms with Gasteiger partial charge in [0.1, 0.15) is 16.3 Å². The number of nitrogens with one attached hydrogen (secondary N) is 1. The topological polar surface area (TPSA) is 58.1 Å². The van der Waals surface area contributed by atoms with Gasteiger partial charge in [-0.2, -0.15) is 0 Å². The Morgan fingerprint density at radius 3 is 3.05 bits per heavy atom. The number of thiophene rings is 1. The molecular weight excluding hydrogens is 296 g/mol. The maximum atomic E-state index is 11.7. The molecule has 2 aromatic heterocycles. The number of aromatic nitrogens is 2. The number of urea groups is 1. The Bertz CT molecular complexity index is 670. The molecular formula is C13H15ClN4OS. The zero-order chi connectivity index (χ0) is 14.3. The third-order valence-electron chi connectivity index (χ3n) is 3.53. The molecule has 1 atom stereocenters. The standard InChI is InChI=1S/C13H15ClN4OS/c1-18(2)13(19)17-7-3-4-8-9(5-7)20-12-10(8)11(14)15-6-16-12/h6-7H,3-5H2,1-2H3,(H,17,19). The van der Waals surface area contributed by atoms with E-state index in [4.69, 9.17) is 11.6 Å². The maximum Gasteiger partial charge on any atom is 0.317 e. The molecule has 0 bridgehead atoms. The summed E-state index contributed by atoms with van der Waals surface area (Å²) in [5.74, 6) is 0. The quantitative estimate of drug-likeness (QED) is 0.823. The summed E-state index contributed by atoms with van der Waals surface area (Å²) in [6.45, 7) is 0. The maximum absolute atomic E-state index is 11.7. The number of carbonyl (C=O) groups excluding carboxylic acids is 1. The lowest BCUT2D eigenvalue weighted by molar-refractivity contribution is 0.212. The molecule has 7 heteroatoms. The Balaban J connectivity index is 1.87. The van der Waals surface area contributed by atoms with Crippen LogP contribution in [0.1, 0.15) is 16.9 Å². The summed E-state index contributed by atoms with van der Waals surface area (Å²) in [6.07, 6.45) is 4.16. The molecule has 0 spiro atoms. The van der Waals surface area contributed by atoms with Crippen LogP contribution in [0, 0.1) is 0 Å². The van der Waals surface area contributed by atoms with Crippen molar-refractivity contribution in [2.24, 2.45) is 0 Å². The van der Waals surface area contributed by atoms with Crippen LogP contribution in [-0.2, 0) is 12.8 Å². The predicted molar refractivity (Wildman–Crippen MR) is 80.5 cm³/mol. The van der Waals surface area contributed by atoms with Crippen molar-refractivity contribution in [1.29, 1.82) is 0 Å². The van der Waals surface area contributed by atoms with Crippen molar-refractivity contribution in [1.82, 2.24) is 20.2 Å². The van der Waals surface area contributed by atoms with Gasteiger partial charge in [-0.15, -0.1) is 11.3 Å². The number of amides is 2. The van der Waals surface area contributed by atoms with Gasteiger partial charge >= 0.3 is 6.03 Å². The van der Waals surface area contributed by atoms with Crippen molar-refractivity contribution >= 4 is 39.2 Å². The van der Waals surface area contributed by atoms with Crippen molar-refractivity contribution < 1.29 is 4.79 Å². The Morgan fingerprint density at radius 2 is 2.30 bits per heavy atom. The van der Waals surface area contributed by atoms with Crippen molar-refractivity contribution in [3.05, 3.63) is 21.9 Å². The summed E-state index contributed by atoms with van der Waals surface area (Å²) < 4.78 is 0. The van der Waals surface area contributed by atoms with Crippen LogP contribution in [0.15, 0.2) is 6.33 Å². The second-order valence-electron chi connectivity index (χ2n) is 5.13. The second kappa shape index (κ2) is 5.18. The van der Waals surface area contributed by atoms with E-state index in [0.29, 0.717) is 5.15 Å². The van der Waals surface area contributed by atoms with Gasteiger partial charge in [0, 0.05) is 31.4 Å². The van der Waals surface area contributed by atoms with E-state index in [2.05, 4.69) is 15.3 Å². The van der Waals surface area contributed by atoms with Crippen LogP contribution in [0.4, 0.5) is 4.79 Å². The highest BCUT2D eigenvalue weighted by Crippen LogP contribution is 2.37. The molecule has 2 amide bonds. The molecule has 5 nitrogen and oxygen atoms in total. The molecule has 2 heterocycles. The molecule has 106 valence electrons. The van der Waals surface area contributed by atoms with Crippen LogP contribution in [0.3, 0.4) is 0 Å². The van der Waals surface area contributed by atoms with Crippen LogP contribution < -0.4 is 5.32 Å². The van der Waals surface area contributed by atoms with Gasteiger partial charge in [0.25, 0.3) is 0 Å². The number of rotatable bonds is 1. The minimum Gasteiger partial charge on any atom is -0.335 e. The summed E-state index contributed by atoms with van der Waals surface area (Å²) in [5.41, 5.74) is 1.26. The molecule has 0 saturated heterocycles. The van der Waals surface area contributed by atoms with Crippen molar-refractivity contribution in [3.63, 3.8) is 0 Å². The van der Waals surface area contributed by atoms with E-state index >= 15 is 0 Å². The van der Waals surface area contributed by atoms with Crippen molar-refractivity contribution in [2.75, 3.05) is 14.1 Å². The summed E-state index contributed by atoms with van der Waals surface area (Å²) in [6, 6.07) is 0.134. The van der Waals surface area contributed by atoms with Crippen LogP contribution in [0.25, 0.3) is 10.2 Å². The number of halogens is 1. The number of carbonyl (C=O) groups is 1. The van der Waals surface area contributed by atoms with Crippen molar-refractivity contribution in [2.45, 2.75) is 25.3 Å². The molecule has 2 aromatic rings. The third-order valence-corrected chi connectivity index (χ3v) is 4.98. The van der Waals surface area contributed by atoms with E-state index in [1.54, 1.807) is 30.3 Å². The molecule has 1 aliphatic carbocycles. The summed E-state index contributed by atoms with van der Waals surface area (Å²) >= 11 is 7.83. The van der Waals surface area contributed by atoms with Gasteiger partial charge in [-0.1, -0.05) is 11.6 Å². The number of hydrogen-bond donors (Lipinski definition) is 1. The molecule has 0 fully saturated rings. The van der Waals surface area contributed by atoms with E-state index in [0.717, 1.165) is 29.5 Å². The molecule has 0 saturated carbocycles. The largest absolute Gasteiger partial charge is 0.335 e. The summed E-state index contributed by atoms with van der Waals surface area (Å²) in [5, 5.41) is 4.57. The Morgan fingerprint density at radius 1 is 1.50 bits per heavy atom. The monoisotopic (exact) mass is 310 g/mol. The van der Waals surface area contributed by atoms with E-state index in [-0.39, 0.29) is 12.1 Å². The highest BCUT2D eigenvalue weighted by Gasteiger charge is 2.25. The van der Waals surface area contributed by atoms with E-state index in [9.17, 15) is 4.79 Å². The van der Waals surface area contributed by atoms with Crippen LogP contribution in [0.5, 0.6) is 0 Å². The number of fused-ring (bicyclic) bond motifs is 3. The average Bonchev–Trinajstić information content (AvgIpc) is 2.77. The van der Waals surface area contributed by atoms with Gasteiger partial charge < -0.3 is 10.2 Å². The number of aryl methyl sites for hydroxylation is 1. The van der Waals surface area contributed by atoms with Crippen LogP contribution >= 0.6 is 22.9 Å². The number of nitrogens with zero attached hydrogens (tertiary/aromatic N) is 3.